The van der Waals surface area contributed by atoms with Gasteiger partial charge in [-0.05, 0) is 44.9 Å². The van der Waals surface area contributed by atoms with Crippen LogP contribution in [0.3, 0.4) is 0 Å². The summed E-state index contributed by atoms with van der Waals surface area (Å²) in [4.78, 5) is 14.4. The second-order valence-electron chi connectivity index (χ2n) is 6.19. The van der Waals surface area contributed by atoms with E-state index in [-0.39, 0.29) is 18.6 Å². The number of nitrogens with one attached hydrogen (secondary N) is 2. The zero-order valence-corrected chi connectivity index (χ0v) is 13.5. The van der Waals surface area contributed by atoms with Crippen molar-refractivity contribution in [3.63, 3.8) is 0 Å². The molecule has 1 atom stereocenters. The maximum absolute atomic E-state index is 12.0. The number of nitrogens with zero attached hydrogens (tertiary/aromatic N) is 1. The Hall–Kier alpha value is -1.53. The first-order valence-electron chi connectivity index (χ1n) is 8.04. The maximum atomic E-state index is 12.0. The lowest BCUT2D eigenvalue weighted by molar-refractivity contribution is 0.0365. The second kappa shape index (κ2) is 7.65. The number of hydrogen-bond donors (Lipinski definition) is 3. The van der Waals surface area contributed by atoms with Crippen molar-refractivity contribution in [3.8, 4) is 0 Å². The molecule has 2 heterocycles. The standard InChI is InChI=1S/C16H27N3O3/c1-3-8-19-9-6-13(7-10-19)18-15(20)17-12-16(2,21)14-5-4-11-22-14/h4-5,11,13,21H,3,6-10,12H2,1-2H3,(H2,17,18,20). The van der Waals surface area contributed by atoms with Crippen molar-refractivity contribution >= 4 is 6.03 Å². The molecule has 1 aliphatic heterocycles. The summed E-state index contributed by atoms with van der Waals surface area (Å²) in [7, 11) is 0. The van der Waals surface area contributed by atoms with Crippen LogP contribution in [-0.4, -0.2) is 48.3 Å². The van der Waals surface area contributed by atoms with Crippen molar-refractivity contribution in [1.29, 1.82) is 0 Å². The number of likely N-dealkylation sites (tertiary alicyclic amines) is 1. The topological polar surface area (TPSA) is 77.7 Å². The van der Waals surface area contributed by atoms with Crippen LogP contribution in [0.5, 0.6) is 0 Å². The van der Waals surface area contributed by atoms with Crippen molar-refractivity contribution in [1.82, 2.24) is 15.5 Å². The summed E-state index contributed by atoms with van der Waals surface area (Å²) < 4.78 is 5.19. The minimum absolute atomic E-state index is 0.112. The fraction of sp³-hybridized carbons (Fsp3) is 0.688. The van der Waals surface area contributed by atoms with E-state index in [0.29, 0.717) is 5.76 Å². The lowest BCUT2D eigenvalue weighted by Gasteiger charge is -2.32. The number of aliphatic hydroxyl groups is 1. The van der Waals surface area contributed by atoms with Gasteiger partial charge in [0.2, 0.25) is 0 Å². The van der Waals surface area contributed by atoms with Crippen LogP contribution in [0.1, 0.15) is 38.9 Å². The summed E-state index contributed by atoms with van der Waals surface area (Å²) in [6, 6.07) is 3.39. The highest BCUT2D eigenvalue weighted by Crippen LogP contribution is 2.19. The number of urea groups is 1. The third-order valence-electron chi connectivity index (χ3n) is 4.11. The molecule has 2 amide bonds. The van der Waals surface area contributed by atoms with Crippen LogP contribution in [0.4, 0.5) is 4.79 Å². The first-order chi connectivity index (χ1) is 10.5. The Morgan fingerprint density at radius 3 is 2.82 bits per heavy atom. The van der Waals surface area contributed by atoms with Gasteiger partial charge in [-0.25, -0.2) is 4.79 Å². The molecule has 0 aliphatic carbocycles. The van der Waals surface area contributed by atoms with Gasteiger partial charge in [0.1, 0.15) is 11.4 Å². The number of carbonyl (C=O) groups is 1. The van der Waals surface area contributed by atoms with Crippen molar-refractivity contribution < 1.29 is 14.3 Å². The van der Waals surface area contributed by atoms with Crippen molar-refractivity contribution in [2.75, 3.05) is 26.2 Å². The second-order valence-corrected chi connectivity index (χ2v) is 6.19. The molecule has 6 nitrogen and oxygen atoms in total. The normalized spacial score (nSPS) is 19.6. The van der Waals surface area contributed by atoms with Crippen LogP contribution < -0.4 is 10.6 Å². The molecule has 0 bridgehead atoms. The predicted octanol–water partition coefficient (Wildman–Crippen LogP) is 1.66. The van der Waals surface area contributed by atoms with Gasteiger partial charge in [-0.3, -0.25) is 0 Å². The fourth-order valence-electron chi connectivity index (χ4n) is 2.78. The molecule has 2 rings (SSSR count). The Morgan fingerprint density at radius 2 is 2.23 bits per heavy atom. The average Bonchev–Trinajstić information content (AvgIpc) is 3.03. The number of rotatable bonds is 6. The summed E-state index contributed by atoms with van der Waals surface area (Å²) >= 11 is 0. The van der Waals surface area contributed by atoms with Gasteiger partial charge in [-0.1, -0.05) is 6.92 Å². The molecule has 124 valence electrons. The van der Waals surface area contributed by atoms with E-state index in [0.717, 1.165) is 32.5 Å². The third kappa shape index (κ3) is 4.74. The first-order valence-corrected chi connectivity index (χ1v) is 8.04. The maximum Gasteiger partial charge on any atom is 0.315 e. The lowest BCUT2D eigenvalue weighted by Crippen LogP contribution is -2.50. The molecule has 3 N–H and O–H groups in total. The minimum atomic E-state index is -1.20. The Labute approximate surface area is 131 Å². The predicted molar refractivity (Wildman–Crippen MR) is 84.6 cm³/mol. The average molecular weight is 309 g/mol. The van der Waals surface area contributed by atoms with Gasteiger partial charge in [-0.2, -0.15) is 0 Å². The molecule has 1 aliphatic rings. The van der Waals surface area contributed by atoms with E-state index in [1.54, 1.807) is 19.1 Å². The molecule has 0 radical (unpaired) electrons. The molecule has 0 saturated carbocycles. The van der Waals surface area contributed by atoms with Crippen LogP contribution in [0, 0.1) is 0 Å². The van der Waals surface area contributed by atoms with Gasteiger partial charge in [0, 0.05) is 19.1 Å². The summed E-state index contributed by atoms with van der Waals surface area (Å²) in [5.41, 5.74) is -1.20. The molecule has 1 aromatic rings. The number of furan rings is 1. The number of hydrogen-bond acceptors (Lipinski definition) is 4. The van der Waals surface area contributed by atoms with Crippen LogP contribution in [0.25, 0.3) is 0 Å². The quantitative estimate of drug-likeness (QED) is 0.747. The Bertz CT molecular complexity index is 451. The van der Waals surface area contributed by atoms with E-state index in [2.05, 4.69) is 22.5 Å². The summed E-state index contributed by atoms with van der Waals surface area (Å²) in [5.74, 6) is 0.445. The number of piperidine rings is 1. The zero-order chi connectivity index (χ0) is 16.0. The highest BCUT2D eigenvalue weighted by Gasteiger charge is 2.27. The van der Waals surface area contributed by atoms with Gasteiger partial charge in [0.05, 0.1) is 12.8 Å². The summed E-state index contributed by atoms with van der Waals surface area (Å²) in [6.45, 7) is 7.11. The van der Waals surface area contributed by atoms with E-state index < -0.39 is 5.60 Å². The monoisotopic (exact) mass is 309 g/mol. The molecular formula is C16H27N3O3. The fourth-order valence-corrected chi connectivity index (χ4v) is 2.78. The van der Waals surface area contributed by atoms with Crippen LogP contribution in [0.15, 0.2) is 22.8 Å². The van der Waals surface area contributed by atoms with Gasteiger partial charge in [0.15, 0.2) is 0 Å². The van der Waals surface area contributed by atoms with Crippen LogP contribution >= 0.6 is 0 Å². The van der Waals surface area contributed by atoms with Crippen LogP contribution in [0.2, 0.25) is 0 Å². The Morgan fingerprint density at radius 1 is 1.50 bits per heavy atom. The molecule has 1 saturated heterocycles. The SMILES string of the molecule is CCCN1CCC(NC(=O)NCC(C)(O)c2ccco2)CC1. The summed E-state index contributed by atoms with van der Waals surface area (Å²) in [6.07, 6.45) is 4.62. The number of carbonyl (C=O) groups excluding carboxylic acids is 1. The Kier molecular flexibility index (Phi) is 5.85. The largest absolute Gasteiger partial charge is 0.466 e. The van der Waals surface area contributed by atoms with Crippen LogP contribution in [-0.2, 0) is 5.60 Å². The first kappa shape index (κ1) is 16.8. The molecule has 22 heavy (non-hydrogen) atoms. The summed E-state index contributed by atoms with van der Waals surface area (Å²) in [5, 5.41) is 16.0. The molecule has 0 aromatic carbocycles. The lowest BCUT2D eigenvalue weighted by atomic mass is 10.0. The molecule has 1 aromatic heterocycles. The van der Waals surface area contributed by atoms with Crippen molar-refractivity contribution in [2.45, 2.75) is 44.8 Å². The van der Waals surface area contributed by atoms with E-state index in [9.17, 15) is 9.90 Å². The minimum Gasteiger partial charge on any atom is -0.466 e. The van der Waals surface area contributed by atoms with Crippen molar-refractivity contribution in [2.24, 2.45) is 0 Å². The Balaban J connectivity index is 1.70. The molecular weight excluding hydrogens is 282 g/mol. The highest BCUT2D eigenvalue weighted by molar-refractivity contribution is 5.74. The van der Waals surface area contributed by atoms with Gasteiger partial charge in [-0.15, -0.1) is 0 Å². The van der Waals surface area contributed by atoms with Gasteiger partial charge in [0.25, 0.3) is 0 Å². The highest BCUT2D eigenvalue weighted by atomic mass is 16.4. The smallest absolute Gasteiger partial charge is 0.315 e. The molecule has 1 unspecified atom stereocenters. The molecule has 6 heteroatoms. The molecule has 0 spiro atoms. The zero-order valence-electron chi connectivity index (χ0n) is 13.5. The third-order valence-corrected chi connectivity index (χ3v) is 4.11. The van der Waals surface area contributed by atoms with E-state index >= 15 is 0 Å². The van der Waals surface area contributed by atoms with E-state index in [1.165, 1.54) is 12.7 Å². The molecule has 1 fully saturated rings. The number of amides is 2. The van der Waals surface area contributed by atoms with E-state index in [4.69, 9.17) is 4.42 Å². The van der Waals surface area contributed by atoms with Gasteiger partial charge >= 0.3 is 6.03 Å². The van der Waals surface area contributed by atoms with Crippen molar-refractivity contribution in [3.05, 3.63) is 24.2 Å². The van der Waals surface area contributed by atoms with E-state index in [1.807, 2.05) is 0 Å². The van der Waals surface area contributed by atoms with Gasteiger partial charge < -0.3 is 25.1 Å².